The van der Waals surface area contributed by atoms with E-state index in [1.165, 1.54) is 30.7 Å². The first-order valence-corrected chi connectivity index (χ1v) is 9.95. The van der Waals surface area contributed by atoms with Gasteiger partial charge >= 0.3 is 6.18 Å². The van der Waals surface area contributed by atoms with Gasteiger partial charge in [0.15, 0.2) is 6.04 Å². The maximum atomic E-state index is 13.6. The van der Waals surface area contributed by atoms with E-state index in [9.17, 15) is 18.0 Å². The van der Waals surface area contributed by atoms with Gasteiger partial charge in [0, 0.05) is 6.20 Å². The molecule has 4 aromatic heterocycles. The van der Waals surface area contributed by atoms with Gasteiger partial charge in [0.05, 0.1) is 28.8 Å². The zero-order valence-electron chi connectivity index (χ0n) is 16.1. The molecule has 0 saturated heterocycles. The molecule has 31 heavy (non-hydrogen) atoms. The van der Waals surface area contributed by atoms with Gasteiger partial charge in [0.2, 0.25) is 0 Å². The summed E-state index contributed by atoms with van der Waals surface area (Å²) < 4.78 is 46.1. The van der Waals surface area contributed by atoms with Gasteiger partial charge < -0.3 is 15.1 Å². The molecule has 0 bridgehead atoms. The first kappa shape index (κ1) is 20.8. The van der Waals surface area contributed by atoms with E-state index in [2.05, 4.69) is 25.6 Å². The Hall–Kier alpha value is -3.47. The van der Waals surface area contributed by atoms with Crippen molar-refractivity contribution >= 4 is 33.3 Å². The monoisotopic (exact) mass is 447 g/mol. The second-order valence-corrected chi connectivity index (χ2v) is 7.59. The number of hydrogen-bond acceptors (Lipinski definition) is 7. The van der Waals surface area contributed by atoms with Crippen LogP contribution in [0.5, 0.6) is 0 Å². The number of amides is 1. The van der Waals surface area contributed by atoms with Crippen LogP contribution >= 0.6 is 11.3 Å². The van der Waals surface area contributed by atoms with Crippen LogP contribution in [0.2, 0.25) is 0 Å². The van der Waals surface area contributed by atoms with Gasteiger partial charge in [0.1, 0.15) is 22.7 Å². The smallest absolute Gasteiger partial charge is 0.414 e. The highest BCUT2D eigenvalue weighted by Gasteiger charge is 2.43. The fourth-order valence-electron chi connectivity index (χ4n) is 3.07. The second-order valence-electron chi connectivity index (χ2n) is 6.59. The van der Waals surface area contributed by atoms with Crippen LogP contribution in [-0.4, -0.2) is 27.0 Å². The van der Waals surface area contributed by atoms with Crippen molar-refractivity contribution in [3.8, 4) is 0 Å². The van der Waals surface area contributed by atoms with E-state index in [1.807, 2.05) is 0 Å². The molecule has 4 rings (SSSR count). The van der Waals surface area contributed by atoms with Crippen LogP contribution in [0.15, 0.2) is 53.5 Å². The molecule has 1 unspecified atom stereocenters. The molecule has 0 radical (unpaired) electrons. The van der Waals surface area contributed by atoms with Crippen LogP contribution in [-0.2, 0) is 6.54 Å². The molecule has 0 fully saturated rings. The Kier molecular flexibility index (Phi) is 5.59. The number of nitrogens with zero attached hydrogens (tertiary/aromatic N) is 3. The Labute approximate surface area is 178 Å². The highest BCUT2D eigenvalue weighted by molar-refractivity contribution is 7.20. The van der Waals surface area contributed by atoms with Crippen LogP contribution < -0.4 is 10.6 Å². The van der Waals surface area contributed by atoms with Gasteiger partial charge in [0.25, 0.3) is 5.91 Å². The average Bonchev–Trinajstić information content (AvgIpc) is 3.38. The molecule has 0 aliphatic rings. The van der Waals surface area contributed by atoms with E-state index in [0.717, 1.165) is 11.3 Å². The third kappa shape index (κ3) is 4.36. The summed E-state index contributed by atoms with van der Waals surface area (Å²) in [5, 5.41) is 5.75. The zero-order chi connectivity index (χ0) is 22.0. The normalized spacial score (nSPS) is 12.6. The molecule has 7 nitrogen and oxygen atoms in total. The summed E-state index contributed by atoms with van der Waals surface area (Å²) in [6.45, 7) is 2.00. The third-order valence-electron chi connectivity index (χ3n) is 4.53. The molecule has 1 atom stereocenters. The van der Waals surface area contributed by atoms with Gasteiger partial charge in [-0.15, -0.1) is 11.3 Å². The Morgan fingerprint density at radius 2 is 2.03 bits per heavy atom. The molecular formula is C20H16F3N5O2S. The van der Waals surface area contributed by atoms with Crippen molar-refractivity contribution in [2.75, 3.05) is 5.32 Å². The summed E-state index contributed by atoms with van der Waals surface area (Å²) >= 11 is 1.00. The molecule has 0 aliphatic heterocycles. The molecular weight excluding hydrogens is 431 g/mol. The van der Waals surface area contributed by atoms with E-state index in [1.54, 1.807) is 25.3 Å². The molecule has 11 heteroatoms. The average molecular weight is 447 g/mol. The SMILES string of the molecule is Cc1c(C(=O)NC(c2ccccn2)C(F)(F)F)sc2ncnc(NCc3ccco3)c12. The van der Waals surface area contributed by atoms with Crippen molar-refractivity contribution in [1.29, 1.82) is 0 Å². The molecule has 4 heterocycles. The van der Waals surface area contributed by atoms with Gasteiger partial charge in [-0.3, -0.25) is 9.78 Å². The number of aromatic nitrogens is 3. The first-order valence-electron chi connectivity index (χ1n) is 9.13. The Bertz CT molecular complexity index is 1190. The standard InChI is InChI=1S/C20H16F3N5O2S/c1-11-14-17(25-9-12-5-4-8-30-12)26-10-27-19(14)31-15(11)18(29)28-16(20(21,22)23)13-6-2-3-7-24-13/h2-8,10,16H,9H2,1H3,(H,28,29)(H,25,26,27). The van der Waals surface area contributed by atoms with Crippen LogP contribution in [0.25, 0.3) is 10.2 Å². The van der Waals surface area contributed by atoms with Crippen LogP contribution in [0.1, 0.15) is 32.7 Å². The number of fused-ring (bicyclic) bond motifs is 1. The minimum absolute atomic E-state index is 0.127. The summed E-state index contributed by atoms with van der Waals surface area (Å²) in [5.41, 5.74) is 0.199. The highest BCUT2D eigenvalue weighted by atomic mass is 32.1. The number of furan rings is 1. The molecule has 1 amide bonds. The topological polar surface area (TPSA) is 92.9 Å². The molecule has 0 aromatic carbocycles. The van der Waals surface area contributed by atoms with Gasteiger partial charge in [-0.2, -0.15) is 13.2 Å². The molecule has 160 valence electrons. The van der Waals surface area contributed by atoms with Crippen molar-refractivity contribution in [1.82, 2.24) is 20.3 Å². The van der Waals surface area contributed by atoms with Crippen molar-refractivity contribution in [3.05, 3.63) is 71.0 Å². The molecule has 0 saturated carbocycles. The maximum absolute atomic E-state index is 13.6. The number of aryl methyl sites for hydroxylation is 1. The quantitative estimate of drug-likeness (QED) is 0.448. The fraction of sp³-hybridized carbons (Fsp3) is 0.200. The zero-order valence-corrected chi connectivity index (χ0v) is 16.9. The summed E-state index contributed by atoms with van der Waals surface area (Å²) in [7, 11) is 0. The van der Waals surface area contributed by atoms with E-state index in [4.69, 9.17) is 4.42 Å². The van der Waals surface area contributed by atoms with E-state index < -0.39 is 18.1 Å². The number of carbonyl (C=O) groups is 1. The number of nitrogens with one attached hydrogen (secondary N) is 2. The van der Waals surface area contributed by atoms with E-state index in [-0.39, 0.29) is 10.6 Å². The molecule has 0 aliphatic carbocycles. The van der Waals surface area contributed by atoms with Crippen LogP contribution in [0.4, 0.5) is 19.0 Å². The van der Waals surface area contributed by atoms with Crippen molar-refractivity contribution < 1.29 is 22.4 Å². The number of pyridine rings is 1. The minimum atomic E-state index is -4.70. The van der Waals surface area contributed by atoms with Crippen molar-refractivity contribution in [2.45, 2.75) is 25.7 Å². The second kappa shape index (κ2) is 8.34. The minimum Gasteiger partial charge on any atom is -0.467 e. The molecule has 4 aromatic rings. The van der Waals surface area contributed by atoms with Gasteiger partial charge in [-0.1, -0.05) is 6.07 Å². The number of alkyl halides is 3. The van der Waals surface area contributed by atoms with E-state index >= 15 is 0 Å². The summed E-state index contributed by atoms with van der Waals surface area (Å²) in [4.78, 5) is 25.5. The largest absolute Gasteiger partial charge is 0.467 e. The lowest BCUT2D eigenvalue weighted by Gasteiger charge is -2.21. The predicted molar refractivity (Wildman–Crippen MR) is 109 cm³/mol. The summed E-state index contributed by atoms with van der Waals surface area (Å²) in [6.07, 6.45) is -0.581. The maximum Gasteiger partial charge on any atom is 0.414 e. The summed E-state index contributed by atoms with van der Waals surface area (Å²) in [6, 6.07) is 5.48. The Balaban J connectivity index is 1.63. The van der Waals surface area contributed by atoms with Gasteiger partial charge in [-0.05, 0) is 36.8 Å². The molecule has 2 N–H and O–H groups in total. The van der Waals surface area contributed by atoms with Crippen molar-refractivity contribution in [2.24, 2.45) is 0 Å². The first-order chi connectivity index (χ1) is 14.8. The lowest BCUT2D eigenvalue weighted by Crippen LogP contribution is -2.38. The Morgan fingerprint density at radius 1 is 1.19 bits per heavy atom. The summed E-state index contributed by atoms with van der Waals surface area (Å²) in [5.74, 6) is 0.290. The van der Waals surface area contributed by atoms with Crippen LogP contribution in [0, 0.1) is 6.92 Å². The molecule has 0 spiro atoms. The third-order valence-corrected chi connectivity index (χ3v) is 5.73. The highest BCUT2D eigenvalue weighted by Crippen LogP contribution is 2.36. The fourth-order valence-corrected chi connectivity index (χ4v) is 4.12. The number of hydrogen-bond donors (Lipinski definition) is 2. The number of anilines is 1. The van der Waals surface area contributed by atoms with Crippen molar-refractivity contribution in [3.63, 3.8) is 0 Å². The lowest BCUT2D eigenvalue weighted by atomic mass is 10.1. The predicted octanol–water partition coefficient (Wildman–Crippen LogP) is 4.63. The Morgan fingerprint density at radius 3 is 2.71 bits per heavy atom. The van der Waals surface area contributed by atoms with Crippen LogP contribution in [0.3, 0.4) is 0 Å². The number of rotatable bonds is 6. The van der Waals surface area contributed by atoms with Gasteiger partial charge in [-0.25, -0.2) is 9.97 Å². The number of carbonyl (C=O) groups excluding carboxylic acids is 1. The lowest BCUT2D eigenvalue weighted by molar-refractivity contribution is -0.156. The number of halogens is 3. The number of thiophene rings is 1. The van der Waals surface area contributed by atoms with E-state index in [0.29, 0.717) is 33.9 Å².